The van der Waals surface area contributed by atoms with E-state index in [1.807, 2.05) is 43.5 Å². The maximum Gasteiger partial charge on any atom is 0.408 e. The van der Waals surface area contributed by atoms with Crippen molar-refractivity contribution >= 4 is 12.1 Å². The second-order valence-corrected chi connectivity index (χ2v) is 6.64. The molecule has 0 radical (unpaired) electrons. The fourth-order valence-electron chi connectivity index (χ4n) is 3.01. The average Bonchev–Trinajstić information content (AvgIpc) is 3.40. The molecule has 3 rings (SSSR count). The first-order valence-electron chi connectivity index (χ1n) is 8.77. The third kappa shape index (κ3) is 4.04. The van der Waals surface area contributed by atoms with E-state index in [0.29, 0.717) is 0 Å². The van der Waals surface area contributed by atoms with Gasteiger partial charge in [0.15, 0.2) is 5.54 Å². The third-order valence-corrected chi connectivity index (χ3v) is 4.70. The SMILES string of the molecule is CCc1cnn(CC(NC(=O)OCc2ccccc2)(C(=O)O)C2CC2)c1. The van der Waals surface area contributed by atoms with Crippen LogP contribution in [0.15, 0.2) is 42.7 Å². The highest BCUT2D eigenvalue weighted by atomic mass is 16.5. The van der Waals surface area contributed by atoms with Crippen molar-refractivity contribution in [2.24, 2.45) is 5.92 Å². The van der Waals surface area contributed by atoms with Gasteiger partial charge in [-0.25, -0.2) is 9.59 Å². The number of nitrogens with zero attached hydrogens (tertiary/aromatic N) is 2. The molecule has 0 aliphatic heterocycles. The zero-order chi connectivity index (χ0) is 18.6. The number of carboxylic acid groups (broad SMARTS) is 1. The standard InChI is InChI=1S/C19H23N3O4/c1-2-14-10-20-22(11-14)13-19(17(23)24,16-8-9-16)21-18(25)26-12-15-6-4-3-5-7-15/h3-7,10-11,16H,2,8-9,12-13H2,1H3,(H,21,25)(H,23,24). The van der Waals surface area contributed by atoms with E-state index >= 15 is 0 Å². The molecule has 1 unspecified atom stereocenters. The van der Waals surface area contributed by atoms with Crippen LogP contribution in [-0.4, -0.2) is 32.5 Å². The summed E-state index contributed by atoms with van der Waals surface area (Å²) in [6.07, 6.45) is 5.13. The number of benzene rings is 1. The molecule has 1 heterocycles. The van der Waals surface area contributed by atoms with Gasteiger partial charge in [0, 0.05) is 6.20 Å². The molecule has 1 aliphatic rings. The predicted octanol–water partition coefficient (Wildman–Crippen LogP) is 2.61. The van der Waals surface area contributed by atoms with Gasteiger partial charge in [0.1, 0.15) is 6.61 Å². The largest absolute Gasteiger partial charge is 0.479 e. The molecule has 1 saturated carbocycles. The lowest BCUT2D eigenvalue weighted by molar-refractivity contribution is -0.146. The smallest absolute Gasteiger partial charge is 0.408 e. The summed E-state index contributed by atoms with van der Waals surface area (Å²) in [5, 5.41) is 16.7. The van der Waals surface area contributed by atoms with Crippen molar-refractivity contribution in [3.63, 3.8) is 0 Å². The molecule has 1 fully saturated rings. The molecule has 26 heavy (non-hydrogen) atoms. The first-order valence-corrected chi connectivity index (χ1v) is 8.77. The summed E-state index contributed by atoms with van der Waals surface area (Å²) in [5.74, 6) is -1.19. The van der Waals surface area contributed by atoms with Crippen molar-refractivity contribution < 1.29 is 19.4 Å². The molecule has 1 aliphatic carbocycles. The van der Waals surface area contributed by atoms with Gasteiger partial charge < -0.3 is 15.2 Å². The van der Waals surface area contributed by atoms with E-state index in [1.54, 1.807) is 10.9 Å². The molecule has 2 N–H and O–H groups in total. The molecular formula is C19H23N3O4. The molecule has 0 saturated heterocycles. The van der Waals surface area contributed by atoms with Crippen molar-refractivity contribution in [1.82, 2.24) is 15.1 Å². The Bertz CT molecular complexity index is 770. The molecule has 7 heteroatoms. The Labute approximate surface area is 152 Å². The zero-order valence-electron chi connectivity index (χ0n) is 14.7. The predicted molar refractivity (Wildman–Crippen MR) is 94.5 cm³/mol. The normalized spacial score (nSPS) is 15.9. The summed E-state index contributed by atoms with van der Waals surface area (Å²) in [6.45, 7) is 2.17. The summed E-state index contributed by atoms with van der Waals surface area (Å²) in [4.78, 5) is 24.4. The van der Waals surface area contributed by atoms with Crippen LogP contribution in [0.2, 0.25) is 0 Å². The maximum absolute atomic E-state index is 12.3. The summed E-state index contributed by atoms with van der Waals surface area (Å²) in [5.41, 5.74) is 0.451. The van der Waals surface area contributed by atoms with Crippen molar-refractivity contribution in [1.29, 1.82) is 0 Å². The van der Waals surface area contributed by atoms with Crippen LogP contribution >= 0.6 is 0 Å². The highest BCUT2D eigenvalue weighted by molar-refractivity contribution is 5.85. The lowest BCUT2D eigenvalue weighted by atomic mass is 9.93. The molecule has 2 aromatic rings. The lowest BCUT2D eigenvalue weighted by Crippen LogP contribution is -2.59. The molecule has 7 nitrogen and oxygen atoms in total. The van der Waals surface area contributed by atoms with E-state index in [0.717, 1.165) is 30.4 Å². The number of rotatable bonds is 8. The highest BCUT2D eigenvalue weighted by Crippen LogP contribution is 2.41. The number of carboxylic acids is 1. The number of aromatic nitrogens is 2. The van der Waals surface area contributed by atoms with Gasteiger partial charge in [-0.15, -0.1) is 0 Å². The topological polar surface area (TPSA) is 93.5 Å². The van der Waals surface area contributed by atoms with E-state index in [-0.39, 0.29) is 19.1 Å². The van der Waals surface area contributed by atoms with Crippen LogP contribution < -0.4 is 5.32 Å². The van der Waals surface area contributed by atoms with E-state index in [9.17, 15) is 14.7 Å². The summed E-state index contributed by atoms with van der Waals surface area (Å²) >= 11 is 0. The van der Waals surface area contributed by atoms with Crippen LogP contribution in [0, 0.1) is 5.92 Å². The van der Waals surface area contributed by atoms with E-state index < -0.39 is 17.6 Å². The monoisotopic (exact) mass is 357 g/mol. The minimum absolute atomic E-state index is 0.0768. The number of hydrogen-bond donors (Lipinski definition) is 2. The van der Waals surface area contributed by atoms with Gasteiger partial charge in [-0.05, 0) is 36.3 Å². The number of ether oxygens (including phenoxy) is 1. The van der Waals surface area contributed by atoms with Crippen LogP contribution in [0.5, 0.6) is 0 Å². The Morgan fingerprint density at radius 1 is 1.31 bits per heavy atom. The van der Waals surface area contributed by atoms with Crippen LogP contribution in [-0.2, 0) is 29.1 Å². The van der Waals surface area contributed by atoms with Gasteiger partial charge in [-0.1, -0.05) is 37.3 Å². The second kappa shape index (κ2) is 7.59. The van der Waals surface area contributed by atoms with E-state index in [1.165, 1.54) is 0 Å². The second-order valence-electron chi connectivity index (χ2n) is 6.64. The van der Waals surface area contributed by atoms with Crippen molar-refractivity contribution in [2.45, 2.75) is 44.9 Å². The van der Waals surface area contributed by atoms with Gasteiger partial charge in [-0.2, -0.15) is 5.10 Å². The Balaban J connectivity index is 1.71. The fourth-order valence-corrected chi connectivity index (χ4v) is 3.01. The first kappa shape index (κ1) is 18.0. The van der Waals surface area contributed by atoms with Gasteiger partial charge >= 0.3 is 12.1 Å². The Hall–Kier alpha value is -2.83. The van der Waals surface area contributed by atoms with E-state index in [2.05, 4.69) is 10.4 Å². The molecular weight excluding hydrogens is 334 g/mol. The van der Waals surface area contributed by atoms with Crippen LogP contribution in [0.4, 0.5) is 4.79 Å². The number of amides is 1. The van der Waals surface area contributed by atoms with Gasteiger partial charge in [0.2, 0.25) is 0 Å². The first-order chi connectivity index (χ1) is 12.5. The molecule has 1 aromatic heterocycles. The third-order valence-electron chi connectivity index (χ3n) is 4.70. The number of nitrogens with one attached hydrogen (secondary N) is 1. The fraction of sp³-hybridized carbons (Fsp3) is 0.421. The maximum atomic E-state index is 12.3. The van der Waals surface area contributed by atoms with Crippen LogP contribution in [0.25, 0.3) is 0 Å². The van der Waals surface area contributed by atoms with Crippen molar-refractivity contribution in [3.05, 3.63) is 53.9 Å². The molecule has 1 amide bonds. The zero-order valence-corrected chi connectivity index (χ0v) is 14.7. The summed E-state index contributed by atoms with van der Waals surface area (Å²) < 4.78 is 6.82. The molecule has 138 valence electrons. The van der Waals surface area contributed by atoms with Crippen LogP contribution in [0.1, 0.15) is 30.9 Å². The lowest BCUT2D eigenvalue weighted by Gasteiger charge is -2.30. The molecule has 0 spiro atoms. The average molecular weight is 357 g/mol. The van der Waals surface area contributed by atoms with Gasteiger partial charge in [0.25, 0.3) is 0 Å². The molecule has 0 bridgehead atoms. The number of hydrogen-bond acceptors (Lipinski definition) is 4. The summed E-state index contributed by atoms with van der Waals surface area (Å²) in [7, 11) is 0. The number of carbonyl (C=O) groups is 2. The summed E-state index contributed by atoms with van der Waals surface area (Å²) in [6, 6.07) is 9.26. The molecule has 1 aromatic carbocycles. The minimum Gasteiger partial charge on any atom is -0.479 e. The van der Waals surface area contributed by atoms with Crippen molar-refractivity contribution in [2.75, 3.05) is 0 Å². The quantitative estimate of drug-likeness (QED) is 0.757. The van der Waals surface area contributed by atoms with E-state index in [4.69, 9.17) is 4.74 Å². The number of carbonyl (C=O) groups excluding carboxylic acids is 1. The van der Waals surface area contributed by atoms with Gasteiger partial charge in [-0.3, -0.25) is 4.68 Å². The number of alkyl carbamates (subject to hydrolysis) is 1. The molecule has 1 atom stereocenters. The van der Waals surface area contributed by atoms with Crippen molar-refractivity contribution in [3.8, 4) is 0 Å². The van der Waals surface area contributed by atoms with Gasteiger partial charge in [0.05, 0.1) is 12.7 Å². The number of aliphatic carboxylic acids is 1. The Morgan fingerprint density at radius 2 is 2.04 bits per heavy atom. The number of aryl methyl sites for hydroxylation is 1. The Morgan fingerprint density at radius 3 is 2.62 bits per heavy atom. The Kier molecular flexibility index (Phi) is 5.25. The highest BCUT2D eigenvalue weighted by Gasteiger charge is 2.53. The van der Waals surface area contributed by atoms with Crippen LogP contribution in [0.3, 0.4) is 0 Å². The minimum atomic E-state index is -1.41.